The second kappa shape index (κ2) is 9.29. The molecule has 60 valence electrons. The molecule has 0 aromatic carbocycles. The van der Waals surface area contributed by atoms with Gasteiger partial charge in [0, 0.05) is 0 Å². The van der Waals surface area contributed by atoms with Crippen molar-refractivity contribution < 1.29 is 39.5 Å². The van der Waals surface area contributed by atoms with Gasteiger partial charge in [-0.25, -0.2) is 0 Å². The van der Waals surface area contributed by atoms with Crippen LogP contribution < -0.4 is 34.7 Å². The van der Waals surface area contributed by atoms with Crippen LogP contribution in [0, 0.1) is 0 Å². The molecular formula is C7H12INaO2. The summed E-state index contributed by atoms with van der Waals surface area (Å²) in [5.41, 5.74) is 0. The summed E-state index contributed by atoms with van der Waals surface area (Å²) in [5.74, 6) is -0.934. The zero-order valence-electron chi connectivity index (χ0n) is 7.10. The number of carbonyl (C=O) groups excluding carboxylic acids is 1. The van der Waals surface area contributed by atoms with E-state index in [1.807, 2.05) is 22.6 Å². The Balaban J connectivity index is 0. The molecule has 1 atom stereocenters. The Hall–Kier alpha value is 1.20. The van der Waals surface area contributed by atoms with Crippen LogP contribution in [0.25, 0.3) is 0 Å². The fourth-order valence-electron chi connectivity index (χ4n) is 0.691. The van der Waals surface area contributed by atoms with Crippen molar-refractivity contribution in [2.45, 2.75) is 36.5 Å². The Kier molecular flexibility index (Phi) is 12.4. The smallest absolute Gasteiger partial charge is 0.549 e. The van der Waals surface area contributed by atoms with E-state index in [1.54, 1.807) is 0 Å². The quantitative estimate of drug-likeness (QED) is 0.256. The van der Waals surface area contributed by atoms with Crippen molar-refractivity contribution in [2.75, 3.05) is 0 Å². The third-order valence-corrected chi connectivity index (χ3v) is 2.45. The summed E-state index contributed by atoms with van der Waals surface area (Å²) in [5, 5.41) is 10.2. The van der Waals surface area contributed by atoms with Crippen molar-refractivity contribution in [2.24, 2.45) is 0 Å². The summed E-state index contributed by atoms with van der Waals surface area (Å²) < 4.78 is -0.302. The van der Waals surface area contributed by atoms with Crippen LogP contribution in [0.3, 0.4) is 0 Å². The van der Waals surface area contributed by atoms with E-state index in [2.05, 4.69) is 6.92 Å². The average molecular weight is 278 g/mol. The van der Waals surface area contributed by atoms with Crippen LogP contribution in [0.15, 0.2) is 0 Å². The number of aliphatic carboxylic acids is 1. The van der Waals surface area contributed by atoms with Gasteiger partial charge in [0.25, 0.3) is 0 Å². The maximum Gasteiger partial charge on any atom is 1.00 e. The van der Waals surface area contributed by atoms with E-state index in [-0.39, 0.29) is 33.5 Å². The van der Waals surface area contributed by atoms with Crippen LogP contribution >= 0.6 is 22.6 Å². The molecule has 0 amide bonds. The van der Waals surface area contributed by atoms with Gasteiger partial charge in [-0.1, -0.05) is 48.8 Å². The Bertz CT molecular complexity index is 109. The zero-order valence-corrected chi connectivity index (χ0v) is 11.3. The molecule has 0 aliphatic carbocycles. The minimum Gasteiger partial charge on any atom is -0.549 e. The van der Waals surface area contributed by atoms with Gasteiger partial charge < -0.3 is 9.90 Å². The SMILES string of the molecule is CCCCCC(I)C(=O)[O-].[Na+]. The van der Waals surface area contributed by atoms with Gasteiger partial charge in [0.05, 0.1) is 9.89 Å². The molecule has 1 unspecified atom stereocenters. The van der Waals surface area contributed by atoms with Gasteiger partial charge in [-0.05, 0) is 6.42 Å². The number of halogens is 1. The Morgan fingerprint density at radius 2 is 2.09 bits per heavy atom. The largest absolute Gasteiger partial charge is 1.00 e. The molecule has 0 aromatic heterocycles. The molecule has 0 rings (SSSR count). The minimum absolute atomic E-state index is 0. The summed E-state index contributed by atoms with van der Waals surface area (Å²) in [6.07, 6.45) is 4.00. The van der Waals surface area contributed by atoms with Crippen LogP contribution in [0.2, 0.25) is 0 Å². The van der Waals surface area contributed by atoms with E-state index in [4.69, 9.17) is 0 Å². The van der Waals surface area contributed by atoms with Crippen LogP contribution in [-0.2, 0) is 4.79 Å². The molecule has 0 fully saturated rings. The molecule has 0 N–H and O–H groups in total. The van der Waals surface area contributed by atoms with Crippen LogP contribution in [-0.4, -0.2) is 9.89 Å². The number of hydrogen-bond acceptors (Lipinski definition) is 2. The first-order chi connectivity index (χ1) is 4.68. The second-order valence-electron chi connectivity index (χ2n) is 2.28. The molecule has 0 heterocycles. The molecule has 0 spiro atoms. The van der Waals surface area contributed by atoms with Gasteiger partial charge in [0.2, 0.25) is 0 Å². The van der Waals surface area contributed by atoms with Crippen LogP contribution in [0.5, 0.6) is 0 Å². The predicted molar refractivity (Wildman–Crippen MR) is 47.0 cm³/mol. The summed E-state index contributed by atoms with van der Waals surface area (Å²) >= 11 is 1.91. The van der Waals surface area contributed by atoms with Gasteiger partial charge in [0.1, 0.15) is 0 Å². The van der Waals surface area contributed by atoms with E-state index < -0.39 is 5.97 Å². The molecule has 2 nitrogen and oxygen atoms in total. The second-order valence-corrected chi connectivity index (χ2v) is 3.79. The first-order valence-electron chi connectivity index (χ1n) is 3.53. The fraction of sp³-hybridized carbons (Fsp3) is 0.857. The van der Waals surface area contributed by atoms with E-state index in [9.17, 15) is 9.90 Å². The molecule has 0 saturated heterocycles. The number of rotatable bonds is 5. The van der Waals surface area contributed by atoms with E-state index in [0.29, 0.717) is 0 Å². The van der Waals surface area contributed by atoms with Crippen molar-refractivity contribution in [3.05, 3.63) is 0 Å². The van der Waals surface area contributed by atoms with E-state index >= 15 is 0 Å². The van der Waals surface area contributed by atoms with Crippen molar-refractivity contribution >= 4 is 28.6 Å². The molecule has 0 aromatic rings. The van der Waals surface area contributed by atoms with Crippen LogP contribution in [0.1, 0.15) is 32.6 Å². The normalized spacial score (nSPS) is 11.8. The molecule has 0 saturated carbocycles. The number of carboxylic acid groups (broad SMARTS) is 1. The molecule has 0 radical (unpaired) electrons. The third kappa shape index (κ3) is 9.11. The molecular weight excluding hydrogens is 266 g/mol. The molecule has 0 bridgehead atoms. The topological polar surface area (TPSA) is 40.1 Å². The van der Waals surface area contributed by atoms with E-state index in [1.165, 1.54) is 0 Å². The standard InChI is InChI=1S/C7H13IO2.Na/c1-2-3-4-5-6(8)7(9)10;/h6H,2-5H2,1H3,(H,9,10);/q;+1/p-1. The van der Waals surface area contributed by atoms with Gasteiger partial charge in [0.15, 0.2) is 0 Å². The molecule has 4 heteroatoms. The minimum atomic E-state index is -0.934. The van der Waals surface area contributed by atoms with E-state index in [0.717, 1.165) is 25.7 Å². The van der Waals surface area contributed by atoms with Crippen molar-refractivity contribution in [1.82, 2.24) is 0 Å². The molecule has 11 heavy (non-hydrogen) atoms. The van der Waals surface area contributed by atoms with Crippen LogP contribution in [0.4, 0.5) is 0 Å². The Morgan fingerprint density at radius 3 is 2.45 bits per heavy atom. The number of carboxylic acids is 1. The summed E-state index contributed by atoms with van der Waals surface area (Å²) in [7, 11) is 0. The number of alkyl halides is 1. The maximum atomic E-state index is 10.2. The third-order valence-electron chi connectivity index (χ3n) is 1.32. The summed E-state index contributed by atoms with van der Waals surface area (Å²) in [6, 6.07) is 0. The predicted octanol–water partition coefficient (Wildman–Crippen LogP) is -1.88. The Labute approximate surface area is 104 Å². The number of carbonyl (C=O) groups is 1. The number of hydrogen-bond donors (Lipinski definition) is 0. The zero-order chi connectivity index (χ0) is 7.98. The molecule has 0 aliphatic heterocycles. The summed E-state index contributed by atoms with van der Waals surface area (Å²) in [4.78, 5) is 10.2. The van der Waals surface area contributed by atoms with Crippen molar-refractivity contribution in [3.8, 4) is 0 Å². The summed E-state index contributed by atoms with van der Waals surface area (Å²) in [6.45, 7) is 2.10. The first kappa shape index (κ1) is 14.7. The van der Waals surface area contributed by atoms with Crippen molar-refractivity contribution in [3.63, 3.8) is 0 Å². The Morgan fingerprint density at radius 1 is 1.55 bits per heavy atom. The molecule has 0 aliphatic rings. The monoisotopic (exact) mass is 278 g/mol. The number of unbranched alkanes of at least 4 members (excludes halogenated alkanes) is 2. The van der Waals surface area contributed by atoms with Gasteiger partial charge in [-0.3, -0.25) is 0 Å². The van der Waals surface area contributed by atoms with Gasteiger partial charge in [-0.2, -0.15) is 0 Å². The maximum absolute atomic E-state index is 10.2. The van der Waals surface area contributed by atoms with Crippen molar-refractivity contribution in [1.29, 1.82) is 0 Å². The average Bonchev–Trinajstić information content (AvgIpc) is 1.88. The fourth-order valence-corrected chi connectivity index (χ4v) is 1.13. The first-order valence-corrected chi connectivity index (χ1v) is 4.78. The van der Waals surface area contributed by atoms with Gasteiger partial charge >= 0.3 is 29.6 Å². The van der Waals surface area contributed by atoms with Gasteiger partial charge in [-0.15, -0.1) is 0 Å².